The summed E-state index contributed by atoms with van der Waals surface area (Å²) in [4.78, 5) is 0. The first-order chi connectivity index (χ1) is 5.83. The standard InChI is InChI=1S/C12H23F/c1-10(2)11(13)8-6-7-9-12(3,4)5/h6-7,10-11H,8-9H2,1-5H3/b7-6+. The Morgan fingerprint density at radius 1 is 1.15 bits per heavy atom. The zero-order chi connectivity index (χ0) is 10.5. The van der Waals surface area contributed by atoms with E-state index in [0.29, 0.717) is 11.8 Å². The van der Waals surface area contributed by atoms with E-state index >= 15 is 0 Å². The molecule has 0 amide bonds. The molecule has 0 bridgehead atoms. The highest BCUT2D eigenvalue weighted by molar-refractivity contribution is 4.88. The Bertz CT molecular complexity index is 151. The van der Waals surface area contributed by atoms with Crippen LogP contribution in [0.5, 0.6) is 0 Å². The molecule has 0 aromatic rings. The smallest absolute Gasteiger partial charge is 0.106 e. The molecule has 0 nitrogen and oxygen atoms in total. The summed E-state index contributed by atoms with van der Waals surface area (Å²) < 4.78 is 13.1. The van der Waals surface area contributed by atoms with E-state index in [1.54, 1.807) is 0 Å². The number of alkyl halides is 1. The third kappa shape index (κ3) is 8.01. The summed E-state index contributed by atoms with van der Waals surface area (Å²) in [6.07, 6.45) is 4.97. The second-order valence-electron chi connectivity index (χ2n) is 5.23. The van der Waals surface area contributed by atoms with Crippen molar-refractivity contribution in [2.45, 2.75) is 53.6 Å². The highest BCUT2D eigenvalue weighted by Gasteiger charge is 2.09. The monoisotopic (exact) mass is 186 g/mol. The lowest BCUT2D eigenvalue weighted by Gasteiger charge is -2.14. The third-order valence-corrected chi connectivity index (χ3v) is 1.98. The molecule has 0 heterocycles. The van der Waals surface area contributed by atoms with Crippen LogP contribution in [0.1, 0.15) is 47.5 Å². The highest BCUT2D eigenvalue weighted by Crippen LogP contribution is 2.19. The molecule has 0 saturated carbocycles. The van der Waals surface area contributed by atoms with Gasteiger partial charge in [-0.2, -0.15) is 0 Å². The SMILES string of the molecule is CC(C)C(F)C/C=C/CC(C)(C)C. The second kappa shape index (κ2) is 5.41. The molecule has 13 heavy (non-hydrogen) atoms. The Morgan fingerprint density at radius 2 is 1.69 bits per heavy atom. The molecule has 0 rings (SSSR count). The summed E-state index contributed by atoms with van der Waals surface area (Å²) >= 11 is 0. The fourth-order valence-electron chi connectivity index (χ4n) is 0.935. The maximum atomic E-state index is 13.1. The van der Waals surface area contributed by atoms with E-state index in [1.807, 2.05) is 19.9 Å². The van der Waals surface area contributed by atoms with Gasteiger partial charge in [-0.25, -0.2) is 4.39 Å². The van der Waals surface area contributed by atoms with Crippen molar-refractivity contribution in [2.24, 2.45) is 11.3 Å². The minimum absolute atomic E-state index is 0.138. The van der Waals surface area contributed by atoms with E-state index in [1.165, 1.54) is 0 Å². The maximum absolute atomic E-state index is 13.1. The summed E-state index contributed by atoms with van der Waals surface area (Å²) in [5.74, 6) is 0.138. The average Bonchev–Trinajstić information content (AvgIpc) is 1.95. The molecule has 0 aliphatic rings. The Labute approximate surface area is 82.2 Å². The van der Waals surface area contributed by atoms with Gasteiger partial charge in [0.05, 0.1) is 0 Å². The zero-order valence-corrected chi connectivity index (χ0v) is 9.60. The first-order valence-electron chi connectivity index (χ1n) is 5.12. The molecule has 78 valence electrons. The first kappa shape index (κ1) is 12.7. The molecule has 0 aliphatic carbocycles. The van der Waals surface area contributed by atoms with Gasteiger partial charge in [-0.15, -0.1) is 0 Å². The van der Waals surface area contributed by atoms with Crippen molar-refractivity contribution in [2.75, 3.05) is 0 Å². The molecule has 0 radical (unpaired) electrons. The summed E-state index contributed by atoms with van der Waals surface area (Å²) in [7, 11) is 0. The van der Waals surface area contributed by atoms with Gasteiger partial charge in [-0.05, 0) is 24.2 Å². The molecule has 0 aliphatic heterocycles. The van der Waals surface area contributed by atoms with Gasteiger partial charge in [-0.3, -0.25) is 0 Å². The number of rotatable bonds is 4. The van der Waals surface area contributed by atoms with Crippen molar-refractivity contribution in [3.63, 3.8) is 0 Å². The van der Waals surface area contributed by atoms with Crippen molar-refractivity contribution >= 4 is 0 Å². The van der Waals surface area contributed by atoms with Crippen molar-refractivity contribution in [3.05, 3.63) is 12.2 Å². The normalized spacial score (nSPS) is 15.6. The molecule has 0 saturated heterocycles. The molecule has 1 heteroatoms. The molecule has 0 aromatic carbocycles. The van der Waals surface area contributed by atoms with E-state index in [4.69, 9.17) is 0 Å². The minimum Gasteiger partial charge on any atom is -0.247 e. The van der Waals surface area contributed by atoms with E-state index in [-0.39, 0.29) is 5.92 Å². The van der Waals surface area contributed by atoms with Crippen LogP contribution in [0.4, 0.5) is 4.39 Å². The maximum Gasteiger partial charge on any atom is 0.106 e. The lowest BCUT2D eigenvalue weighted by molar-refractivity contribution is 0.258. The average molecular weight is 186 g/mol. The number of halogens is 1. The fourth-order valence-corrected chi connectivity index (χ4v) is 0.935. The van der Waals surface area contributed by atoms with Crippen LogP contribution in [0.2, 0.25) is 0 Å². The molecule has 1 atom stereocenters. The lowest BCUT2D eigenvalue weighted by Crippen LogP contribution is -2.07. The second-order valence-corrected chi connectivity index (χ2v) is 5.23. The van der Waals surface area contributed by atoms with Crippen LogP contribution < -0.4 is 0 Å². The first-order valence-corrected chi connectivity index (χ1v) is 5.12. The zero-order valence-electron chi connectivity index (χ0n) is 9.60. The van der Waals surface area contributed by atoms with Crippen LogP contribution in [0.25, 0.3) is 0 Å². The van der Waals surface area contributed by atoms with E-state index in [0.717, 1.165) is 6.42 Å². The van der Waals surface area contributed by atoms with Gasteiger partial charge < -0.3 is 0 Å². The molecule has 0 aromatic heterocycles. The predicted molar refractivity (Wildman–Crippen MR) is 57.6 cm³/mol. The summed E-state index contributed by atoms with van der Waals surface area (Å²) in [6.45, 7) is 10.4. The Kier molecular flexibility index (Phi) is 5.27. The van der Waals surface area contributed by atoms with Gasteiger partial charge >= 0.3 is 0 Å². The molecular formula is C12H23F. The molecule has 1 unspecified atom stereocenters. The van der Waals surface area contributed by atoms with Gasteiger partial charge in [0.25, 0.3) is 0 Å². The largest absolute Gasteiger partial charge is 0.247 e. The van der Waals surface area contributed by atoms with Crippen LogP contribution in [-0.2, 0) is 0 Å². The van der Waals surface area contributed by atoms with Crippen molar-refractivity contribution in [3.8, 4) is 0 Å². The van der Waals surface area contributed by atoms with Gasteiger partial charge in [0.2, 0.25) is 0 Å². The summed E-state index contributed by atoms with van der Waals surface area (Å²) in [5, 5.41) is 0. The van der Waals surface area contributed by atoms with Crippen LogP contribution in [0.3, 0.4) is 0 Å². The van der Waals surface area contributed by atoms with E-state index in [9.17, 15) is 4.39 Å². The lowest BCUT2D eigenvalue weighted by atomic mass is 9.92. The fraction of sp³-hybridized carbons (Fsp3) is 0.833. The van der Waals surface area contributed by atoms with Gasteiger partial charge in [-0.1, -0.05) is 46.8 Å². The van der Waals surface area contributed by atoms with E-state index < -0.39 is 6.17 Å². The van der Waals surface area contributed by atoms with Crippen molar-refractivity contribution in [1.29, 1.82) is 0 Å². The Balaban J connectivity index is 3.64. The number of hydrogen-bond acceptors (Lipinski definition) is 0. The summed E-state index contributed by atoms with van der Waals surface area (Å²) in [6, 6.07) is 0. The van der Waals surface area contributed by atoms with Crippen LogP contribution in [-0.4, -0.2) is 6.17 Å². The summed E-state index contributed by atoms with van der Waals surface area (Å²) in [5.41, 5.74) is 0.320. The van der Waals surface area contributed by atoms with Gasteiger partial charge in [0.15, 0.2) is 0 Å². The molecular weight excluding hydrogens is 163 g/mol. The van der Waals surface area contributed by atoms with E-state index in [2.05, 4.69) is 26.8 Å². The molecule has 0 N–H and O–H groups in total. The quantitative estimate of drug-likeness (QED) is 0.572. The third-order valence-electron chi connectivity index (χ3n) is 1.98. The molecule has 0 fully saturated rings. The predicted octanol–water partition coefficient (Wildman–Crippen LogP) is 4.36. The van der Waals surface area contributed by atoms with Crippen molar-refractivity contribution < 1.29 is 4.39 Å². The number of allylic oxidation sites excluding steroid dienone is 2. The number of hydrogen-bond donors (Lipinski definition) is 0. The molecule has 0 spiro atoms. The van der Waals surface area contributed by atoms with Crippen LogP contribution >= 0.6 is 0 Å². The minimum atomic E-state index is -0.684. The van der Waals surface area contributed by atoms with Crippen LogP contribution in [0.15, 0.2) is 12.2 Å². The van der Waals surface area contributed by atoms with Crippen molar-refractivity contribution in [1.82, 2.24) is 0 Å². The Hall–Kier alpha value is -0.330. The van der Waals surface area contributed by atoms with Gasteiger partial charge in [0.1, 0.15) is 6.17 Å². The topological polar surface area (TPSA) is 0 Å². The Morgan fingerprint density at radius 3 is 2.08 bits per heavy atom. The van der Waals surface area contributed by atoms with Crippen LogP contribution in [0, 0.1) is 11.3 Å². The highest BCUT2D eigenvalue weighted by atomic mass is 19.1. The van der Waals surface area contributed by atoms with Gasteiger partial charge in [0, 0.05) is 0 Å².